The lowest BCUT2D eigenvalue weighted by Gasteiger charge is -2.14. The number of H-pyrrole nitrogens is 1. The molecule has 0 saturated heterocycles. The molecule has 0 aliphatic heterocycles. The molecule has 0 bridgehead atoms. The topological polar surface area (TPSA) is 93.3 Å². The summed E-state index contributed by atoms with van der Waals surface area (Å²) >= 11 is 1.32. The van der Waals surface area contributed by atoms with Crippen molar-refractivity contribution >= 4 is 29.5 Å². The zero-order valence-corrected chi connectivity index (χ0v) is 14.5. The fourth-order valence-corrected chi connectivity index (χ4v) is 2.25. The Morgan fingerprint density at radius 2 is 2.04 bits per heavy atom. The number of carbonyl (C=O) groups excluding carboxylic acids is 2. The largest absolute Gasteiger partial charge is 0.481 e. The Kier molecular flexibility index (Phi) is 6.25. The van der Waals surface area contributed by atoms with Crippen LogP contribution in [0.3, 0.4) is 0 Å². The maximum absolute atomic E-state index is 12.3. The van der Waals surface area contributed by atoms with Crippen LogP contribution in [0.15, 0.2) is 35.5 Å². The number of imidazole rings is 1. The smallest absolute Gasteiger partial charge is 0.358 e. The summed E-state index contributed by atoms with van der Waals surface area (Å²) < 4.78 is 10.5. The minimum atomic E-state index is -0.753. The van der Waals surface area contributed by atoms with Crippen molar-refractivity contribution in [1.82, 2.24) is 9.97 Å². The molecule has 1 atom stereocenters. The molecule has 2 rings (SSSR count). The Morgan fingerprint density at radius 1 is 1.33 bits per heavy atom. The Balaban J connectivity index is 2.10. The molecule has 1 amide bonds. The predicted molar refractivity (Wildman–Crippen MR) is 91.5 cm³/mol. The maximum Gasteiger partial charge on any atom is 0.358 e. The second kappa shape index (κ2) is 8.39. The van der Waals surface area contributed by atoms with Crippen LogP contribution >= 0.6 is 11.8 Å². The highest BCUT2D eigenvalue weighted by molar-refractivity contribution is 7.98. The van der Waals surface area contributed by atoms with Gasteiger partial charge in [-0.1, -0.05) is 30.0 Å². The van der Waals surface area contributed by atoms with Gasteiger partial charge in [0.1, 0.15) is 5.75 Å². The van der Waals surface area contributed by atoms with Crippen molar-refractivity contribution in [3.8, 4) is 5.75 Å². The summed E-state index contributed by atoms with van der Waals surface area (Å²) in [5.74, 6) is -0.273. The van der Waals surface area contributed by atoms with Gasteiger partial charge < -0.3 is 19.8 Å². The number of benzene rings is 1. The molecule has 0 fully saturated rings. The number of anilines is 1. The van der Waals surface area contributed by atoms with Crippen LogP contribution < -0.4 is 10.1 Å². The van der Waals surface area contributed by atoms with Crippen molar-refractivity contribution < 1.29 is 19.1 Å². The Hall–Kier alpha value is -2.48. The van der Waals surface area contributed by atoms with E-state index in [0.717, 1.165) is 0 Å². The molecule has 0 saturated carbocycles. The highest BCUT2D eigenvalue weighted by Crippen LogP contribution is 2.20. The molecular weight excluding hydrogens is 330 g/mol. The van der Waals surface area contributed by atoms with Gasteiger partial charge in [0.05, 0.1) is 6.61 Å². The molecule has 1 unspecified atom stereocenters. The van der Waals surface area contributed by atoms with Crippen molar-refractivity contribution in [2.45, 2.75) is 25.1 Å². The Labute approximate surface area is 144 Å². The minimum absolute atomic E-state index is 0.112. The number of aromatic nitrogens is 2. The van der Waals surface area contributed by atoms with Crippen LogP contribution in [-0.2, 0) is 9.53 Å². The van der Waals surface area contributed by atoms with E-state index in [2.05, 4.69) is 15.3 Å². The number of ether oxygens (including phenoxy) is 2. The second-order valence-electron chi connectivity index (χ2n) is 4.75. The number of nitrogens with one attached hydrogen (secondary N) is 2. The molecule has 8 heteroatoms. The van der Waals surface area contributed by atoms with Gasteiger partial charge in [-0.15, -0.1) is 0 Å². The van der Waals surface area contributed by atoms with E-state index >= 15 is 0 Å². The predicted octanol–water partition coefficient (Wildman–Crippen LogP) is 2.71. The molecule has 1 aromatic heterocycles. The zero-order valence-electron chi connectivity index (χ0n) is 13.7. The van der Waals surface area contributed by atoms with Gasteiger partial charge in [0.2, 0.25) is 0 Å². The third-order valence-electron chi connectivity index (χ3n) is 3.02. The van der Waals surface area contributed by atoms with E-state index in [1.165, 1.54) is 11.8 Å². The van der Waals surface area contributed by atoms with Crippen molar-refractivity contribution in [3.05, 3.63) is 36.0 Å². The number of thioether (sulfide) groups is 1. The minimum Gasteiger partial charge on any atom is -0.481 e. The van der Waals surface area contributed by atoms with E-state index in [0.29, 0.717) is 10.9 Å². The van der Waals surface area contributed by atoms with Gasteiger partial charge in [0.15, 0.2) is 22.8 Å². The Morgan fingerprint density at radius 3 is 2.67 bits per heavy atom. The number of amides is 1. The van der Waals surface area contributed by atoms with Gasteiger partial charge in [-0.25, -0.2) is 9.78 Å². The second-order valence-corrected chi connectivity index (χ2v) is 5.55. The summed E-state index contributed by atoms with van der Waals surface area (Å²) in [7, 11) is 0. The molecular formula is C16H19N3O4S. The summed E-state index contributed by atoms with van der Waals surface area (Å²) in [6.45, 7) is 3.56. The lowest BCUT2D eigenvalue weighted by molar-refractivity contribution is -0.122. The molecule has 2 aromatic rings. The summed E-state index contributed by atoms with van der Waals surface area (Å²) in [4.78, 5) is 31.3. The quantitative estimate of drug-likeness (QED) is 0.590. The van der Waals surface area contributed by atoms with Gasteiger partial charge in [0.25, 0.3) is 5.91 Å². The van der Waals surface area contributed by atoms with Crippen molar-refractivity contribution in [3.63, 3.8) is 0 Å². The number of rotatable bonds is 7. The highest BCUT2D eigenvalue weighted by atomic mass is 32.2. The van der Waals surface area contributed by atoms with Gasteiger partial charge in [0, 0.05) is 0 Å². The third kappa shape index (κ3) is 4.51. The van der Waals surface area contributed by atoms with E-state index < -0.39 is 18.0 Å². The molecule has 0 radical (unpaired) electrons. The third-order valence-corrected chi connectivity index (χ3v) is 3.60. The number of hydrogen-bond donors (Lipinski definition) is 2. The standard InChI is InChI=1S/C16H19N3O4S/c1-4-22-15(21)12-13(19-16(17-12)24-3)18-14(20)10(2)23-11-8-6-5-7-9-11/h5-10H,4H2,1-3H3,(H,17,19)(H,18,20). The van der Waals surface area contributed by atoms with Gasteiger partial charge in [-0.2, -0.15) is 0 Å². The van der Waals surface area contributed by atoms with Gasteiger partial charge in [-0.05, 0) is 32.2 Å². The van der Waals surface area contributed by atoms with E-state index in [4.69, 9.17) is 9.47 Å². The number of aromatic amines is 1. The average Bonchev–Trinajstić information content (AvgIpc) is 2.99. The van der Waals surface area contributed by atoms with Gasteiger partial charge in [-0.3, -0.25) is 4.79 Å². The first kappa shape index (κ1) is 17.9. The number of hydrogen-bond acceptors (Lipinski definition) is 6. The first-order chi connectivity index (χ1) is 11.5. The normalized spacial score (nSPS) is 11.6. The number of para-hydroxylation sites is 1. The van der Waals surface area contributed by atoms with Crippen molar-refractivity contribution in [1.29, 1.82) is 0 Å². The molecule has 2 N–H and O–H groups in total. The lowest BCUT2D eigenvalue weighted by Crippen LogP contribution is -2.31. The van der Waals surface area contributed by atoms with Crippen LogP contribution in [-0.4, -0.2) is 40.8 Å². The zero-order chi connectivity index (χ0) is 17.5. The van der Waals surface area contributed by atoms with Crippen LogP contribution in [0.2, 0.25) is 0 Å². The molecule has 1 aromatic carbocycles. The molecule has 0 spiro atoms. The lowest BCUT2D eigenvalue weighted by atomic mass is 10.3. The molecule has 7 nitrogen and oxygen atoms in total. The Bertz CT molecular complexity index is 703. The van der Waals surface area contributed by atoms with Crippen LogP contribution in [0.4, 0.5) is 5.82 Å². The van der Waals surface area contributed by atoms with Crippen LogP contribution in [0.5, 0.6) is 5.75 Å². The molecule has 128 valence electrons. The fraction of sp³-hybridized carbons (Fsp3) is 0.312. The molecule has 0 aliphatic carbocycles. The summed E-state index contributed by atoms with van der Waals surface area (Å²) in [6.07, 6.45) is 1.05. The molecule has 24 heavy (non-hydrogen) atoms. The van der Waals surface area contributed by atoms with Gasteiger partial charge >= 0.3 is 5.97 Å². The van der Waals surface area contributed by atoms with Crippen LogP contribution in [0.25, 0.3) is 0 Å². The molecule has 0 aliphatic rings. The maximum atomic E-state index is 12.3. The van der Waals surface area contributed by atoms with Crippen LogP contribution in [0.1, 0.15) is 24.3 Å². The first-order valence-corrected chi connectivity index (χ1v) is 8.61. The average molecular weight is 349 g/mol. The number of esters is 1. The highest BCUT2D eigenvalue weighted by Gasteiger charge is 2.23. The van der Waals surface area contributed by atoms with E-state index in [-0.39, 0.29) is 18.1 Å². The van der Waals surface area contributed by atoms with Crippen molar-refractivity contribution in [2.75, 3.05) is 18.2 Å². The summed E-state index contributed by atoms with van der Waals surface area (Å²) in [6, 6.07) is 9.01. The summed E-state index contributed by atoms with van der Waals surface area (Å²) in [5, 5.41) is 3.11. The number of carbonyl (C=O) groups is 2. The van der Waals surface area contributed by atoms with E-state index in [1.807, 2.05) is 18.2 Å². The van der Waals surface area contributed by atoms with E-state index in [1.54, 1.807) is 32.2 Å². The molecule has 1 heterocycles. The van der Waals surface area contributed by atoms with Crippen LogP contribution in [0, 0.1) is 0 Å². The van der Waals surface area contributed by atoms with E-state index in [9.17, 15) is 9.59 Å². The first-order valence-electron chi connectivity index (χ1n) is 7.38. The van der Waals surface area contributed by atoms with Crippen molar-refractivity contribution in [2.24, 2.45) is 0 Å². The monoisotopic (exact) mass is 349 g/mol. The fourth-order valence-electron chi connectivity index (χ4n) is 1.86. The summed E-state index contributed by atoms with van der Waals surface area (Å²) in [5.41, 5.74) is 0.112. The number of nitrogens with zero attached hydrogens (tertiary/aromatic N) is 1. The SMILES string of the molecule is CCOC(=O)c1[nH]c(SC)nc1NC(=O)C(C)Oc1ccccc1.